The molecule has 11 heavy (non-hydrogen) atoms. The molecule has 0 aliphatic carbocycles. The van der Waals surface area contributed by atoms with Crippen LogP contribution in [0.4, 0.5) is 0 Å². The first kappa shape index (κ1) is 12.2. The molecule has 0 saturated carbocycles. The van der Waals surface area contributed by atoms with Crippen molar-refractivity contribution >= 4 is 5.97 Å². The third-order valence-electron chi connectivity index (χ3n) is 0.534. The third kappa shape index (κ3) is 17.7. The van der Waals surface area contributed by atoms with Crippen LogP contribution in [0.3, 0.4) is 0 Å². The van der Waals surface area contributed by atoms with Gasteiger partial charge in [0.1, 0.15) is 0 Å². The molecule has 0 aromatic carbocycles. The molecular formula is C7H12O4. The third-order valence-corrected chi connectivity index (χ3v) is 0.534. The van der Waals surface area contributed by atoms with Crippen molar-refractivity contribution in [3.63, 3.8) is 0 Å². The predicted octanol–water partition coefficient (Wildman–Crippen LogP) is 1.31. The maximum absolute atomic E-state index is 10.2. The molecule has 0 saturated heterocycles. The quantitative estimate of drug-likeness (QED) is 0.345. The Morgan fingerprint density at radius 2 is 1.64 bits per heavy atom. The van der Waals surface area contributed by atoms with Gasteiger partial charge < -0.3 is 14.9 Å². The number of hydrogen-bond donors (Lipinski definition) is 2. The monoisotopic (exact) mass is 160 g/mol. The van der Waals surface area contributed by atoms with Gasteiger partial charge in [0.2, 0.25) is 0 Å². The lowest BCUT2D eigenvalue weighted by atomic mass is 10.4. The number of aliphatic hydroxyl groups excluding tert-OH is 1. The van der Waals surface area contributed by atoms with E-state index in [0.29, 0.717) is 5.57 Å². The number of ether oxygens (including phenoxy) is 1. The van der Waals surface area contributed by atoms with Crippen LogP contribution in [-0.4, -0.2) is 23.3 Å². The molecule has 4 heteroatoms. The summed E-state index contributed by atoms with van der Waals surface area (Å²) in [6, 6.07) is 0. The first-order valence-corrected chi connectivity index (χ1v) is 2.72. The van der Waals surface area contributed by atoms with Gasteiger partial charge in [-0.05, 0) is 13.5 Å². The molecule has 0 heterocycles. The molecule has 4 nitrogen and oxygen atoms in total. The Bertz CT molecular complexity index is 156. The number of methoxy groups -OCH3 is 1. The molecule has 0 aromatic heterocycles. The number of carbonyl (C=O) groups is 1. The first-order chi connectivity index (χ1) is 4.91. The molecular weight excluding hydrogens is 148 g/mol. The number of aliphatic hydroxyl groups is 2. The second kappa shape index (κ2) is 6.67. The molecule has 64 valence electrons. The van der Waals surface area contributed by atoms with E-state index < -0.39 is 5.95 Å². The van der Waals surface area contributed by atoms with E-state index in [9.17, 15) is 4.79 Å². The van der Waals surface area contributed by atoms with Gasteiger partial charge in [-0.1, -0.05) is 6.58 Å². The van der Waals surface area contributed by atoms with Gasteiger partial charge >= 0.3 is 5.97 Å². The minimum atomic E-state index is -0.833. The van der Waals surface area contributed by atoms with Crippen LogP contribution < -0.4 is 0 Å². The summed E-state index contributed by atoms with van der Waals surface area (Å²) >= 11 is 0. The van der Waals surface area contributed by atoms with E-state index in [2.05, 4.69) is 17.9 Å². The zero-order valence-corrected chi connectivity index (χ0v) is 6.63. The summed E-state index contributed by atoms with van der Waals surface area (Å²) in [6.45, 7) is 7.62. The average Bonchev–Trinajstić information content (AvgIpc) is 1.85. The van der Waals surface area contributed by atoms with Gasteiger partial charge in [-0.25, -0.2) is 4.79 Å². The van der Waals surface area contributed by atoms with Crippen LogP contribution >= 0.6 is 0 Å². The number of rotatable bonds is 1. The van der Waals surface area contributed by atoms with Crippen LogP contribution in [0, 0.1) is 0 Å². The Kier molecular flexibility index (Phi) is 7.42. The van der Waals surface area contributed by atoms with Crippen LogP contribution in [0.25, 0.3) is 0 Å². The summed E-state index contributed by atoms with van der Waals surface area (Å²) in [4.78, 5) is 10.2. The smallest absolute Gasteiger partial charge is 0.332 e. The number of carbonyl (C=O) groups excluding carboxylic acids is 1. The molecule has 0 unspecified atom stereocenters. The van der Waals surface area contributed by atoms with Crippen LogP contribution in [0.5, 0.6) is 0 Å². The second-order valence-electron chi connectivity index (χ2n) is 1.69. The Morgan fingerprint density at radius 1 is 1.36 bits per heavy atom. The van der Waals surface area contributed by atoms with Gasteiger partial charge in [-0.2, -0.15) is 0 Å². The molecule has 0 amide bonds. The van der Waals surface area contributed by atoms with Crippen molar-refractivity contribution in [2.24, 2.45) is 0 Å². The Morgan fingerprint density at radius 3 is 1.64 bits per heavy atom. The predicted molar refractivity (Wildman–Crippen MR) is 41.2 cm³/mol. The first-order valence-electron chi connectivity index (χ1n) is 2.72. The van der Waals surface area contributed by atoms with Crippen molar-refractivity contribution in [3.05, 3.63) is 24.7 Å². The maximum atomic E-state index is 10.2. The van der Waals surface area contributed by atoms with Gasteiger partial charge in [0.25, 0.3) is 5.95 Å². The van der Waals surface area contributed by atoms with Crippen LogP contribution in [-0.2, 0) is 9.53 Å². The minimum absolute atomic E-state index is 0.347. The van der Waals surface area contributed by atoms with Crippen LogP contribution in [0.2, 0.25) is 0 Å². The lowest BCUT2D eigenvalue weighted by molar-refractivity contribution is -0.136. The lowest BCUT2D eigenvalue weighted by Crippen LogP contribution is -1.98. The standard InChI is InChI=1S/C5H8O2.C2H4O2/c1-4(2)5(6)7-3;1-2(3)4/h1H2,2-3H3;3-4H,1H2. The highest BCUT2D eigenvalue weighted by molar-refractivity contribution is 5.86. The van der Waals surface area contributed by atoms with Crippen molar-refractivity contribution < 1.29 is 19.7 Å². The Labute approximate surface area is 65.4 Å². The zero-order chi connectivity index (χ0) is 9.44. The van der Waals surface area contributed by atoms with E-state index in [1.54, 1.807) is 6.92 Å². The van der Waals surface area contributed by atoms with Gasteiger partial charge in [0.15, 0.2) is 0 Å². The Balaban J connectivity index is 0. The van der Waals surface area contributed by atoms with Crippen molar-refractivity contribution in [1.29, 1.82) is 0 Å². The highest BCUT2D eigenvalue weighted by atomic mass is 16.5. The zero-order valence-electron chi connectivity index (χ0n) is 6.63. The van der Waals surface area contributed by atoms with Gasteiger partial charge in [0, 0.05) is 5.57 Å². The van der Waals surface area contributed by atoms with Crippen molar-refractivity contribution in [3.8, 4) is 0 Å². The van der Waals surface area contributed by atoms with Crippen molar-refractivity contribution in [2.45, 2.75) is 6.92 Å². The highest BCUT2D eigenvalue weighted by Crippen LogP contribution is 1.87. The number of hydrogen-bond acceptors (Lipinski definition) is 4. The van der Waals surface area contributed by atoms with E-state index in [0.717, 1.165) is 0 Å². The van der Waals surface area contributed by atoms with Gasteiger partial charge in [0.05, 0.1) is 7.11 Å². The fourth-order valence-corrected chi connectivity index (χ4v) is 0.174. The summed E-state index contributed by atoms with van der Waals surface area (Å²) in [5, 5.41) is 14.8. The van der Waals surface area contributed by atoms with E-state index in [-0.39, 0.29) is 5.97 Å². The molecule has 2 N–H and O–H groups in total. The summed E-state index contributed by atoms with van der Waals surface area (Å²) in [6.07, 6.45) is 0. The molecule has 0 spiro atoms. The van der Waals surface area contributed by atoms with Crippen molar-refractivity contribution in [1.82, 2.24) is 0 Å². The van der Waals surface area contributed by atoms with E-state index in [1.807, 2.05) is 0 Å². The lowest BCUT2D eigenvalue weighted by Gasteiger charge is -1.91. The fourth-order valence-electron chi connectivity index (χ4n) is 0.174. The van der Waals surface area contributed by atoms with E-state index in [4.69, 9.17) is 10.2 Å². The van der Waals surface area contributed by atoms with Gasteiger partial charge in [-0.15, -0.1) is 0 Å². The van der Waals surface area contributed by atoms with Crippen LogP contribution in [0.1, 0.15) is 6.92 Å². The van der Waals surface area contributed by atoms with E-state index >= 15 is 0 Å². The molecule has 0 aliphatic heterocycles. The average molecular weight is 160 g/mol. The minimum Gasteiger partial charge on any atom is -0.482 e. The summed E-state index contributed by atoms with van der Waals surface area (Å²) in [5.74, 6) is -1.18. The topological polar surface area (TPSA) is 66.8 Å². The van der Waals surface area contributed by atoms with Gasteiger partial charge in [-0.3, -0.25) is 0 Å². The normalized spacial score (nSPS) is 7.09. The molecule has 0 atom stereocenters. The summed E-state index contributed by atoms with van der Waals surface area (Å²) in [7, 11) is 1.33. The summed E-state index contributed by atoms with van der Waals surface area (Å²) < 4.78 is 4.27. The second-order valence-corrected chi connectivity index (χ2v) is 1.69. The molecule has 0 fully saturated rings. The van der Waals surface area contributed by atoms with Crippen molar-refractivity contribution in [2.75, 3.05) is 7.11 Å². The molecule has 0 aromatic rings. The SMILES string of the molecule is C=C(C)C(=O)OC.C=C(O)O. The summed E-state index contributed by atoms with van der Waals surface area (Å²) in [5.41, 5.74) is 0.433. The fraction of sp³-hybridized carbons (Fsp3) is 0.286. The largest absolute Gasteiger partial charge is 0.482 e. The van der Waals surface area contributed by atoms with Crippen LogP contribution in [0.15, 0.2) is 24.7 Å². The molecule has 0 bridgehead atoms. The molecule has 0 aliphatic rings. The maximum Gasteiger partial charge on any atom is 0.332 e. The Hall–Kier alpha value is -1.45. The molecule has 0 radical (unpaired) electrons. The molecule has 0 rings (SSSR count). The number of esters is 1. The van der Waals surface area contributed by atoms with E-state index in [1.165, 1.54) is 7.11 Å². The highest BCUT2D eigenvalue weighted by Gasteiger charge is 1.95.